The van der Waals surface area contributed by atoms with E-state index in [1.54, 1.807) is 6.33 Å². The summed E-state index contributed by atoms with van der Waals surface area (Å²) in [6.07, 6.45) is 3.41. The second-order valence-corrected chi connectivity index (χ2v) is 5.15. The first-order valence-corrected chi connectivity index (χ1v) is 6.80. The number of H-pyrrole nitrogens is 1. The van der Waals surface area contributed by atoms with Crippen molar-refractivity contribution < 1.29 is 0 Å². The van der Waals surface area contributed by atoms with Crippen molar-refractivity contribution in [1.82, 2.24) is 19.9 Å². The minimum atomic E-state index is 0.940. The molecule has 4 nitrogen and oxygen atoms in total. The van der Waals surface area contributed by atoms with Crippen LogP contribution in [0.2, 0.25) is 0 Å². The summed E-state index contributed by atoms with van der Waals surface area (Å²) < 4.78 is 0. The molecule has 0 aliphatic rings. The SMILES string of the molecule is c1ccc2c(c1)[nH]c1cc3c(ccc4cncnc43)nc12. The maximum absolute atomic E-state index is 4.82. The molecule has 0 fully saturated rings. The topological polar surface area (TPSA) is 54.5 Å². The molecule has 0 bridgehead atoms. The standard InChI is InChI=1S/C17H10N4/c1-2-4-13-11(3-1)17-15(20-13)7-12-14(21-17)6-5-10-8-18-9-19-16(10)12/h1-9,20H. The summed E-state index contributed by atoms with van der Waals surface area (Å²) in [5, 5.41) is 3.23. The molecule has 0 aliphatic carbocycles. The molecule has 1 N–H and O–H groups in total. The quantitative estimate of drug-likeness (QED) is 0.435. The summed E-state index contributed by atoms with van der Waals surface area (Å²) in [6, 6.07) is 14.4. The molecule has 21 heavy (non-hydrogen) atoms. The number of para-hydroxylation sites is 1. The molecule has 0 amide bonds. The summed E-state index contributed by atoms with van der Waals surface area (Å²) in [4.78, 5) is 16.7. The van der Waals surface area contributed by atoms with Crippen molar-refractivity contribution in [3.05, 3.63) is 55.0 Å². The molecule has 5 aromatic rings. The highest BCUT2D eigenvalue weighted by atomic mass is 14.8. The van der Waals surface area contributed by atoms with Crippen molar-refractivity contribution in [2.24, 2.45) is 0 Å². The molecule has 3 aromatic heterocycles. The van der Waals surface area contributed by atoms with Gasteiger partial charge in [0.25, 0.3) is 0 Å². The van der Waals surface area contributed by atoms with Crippen LogP contribution in [0.5, 0.6) is 0 Å². The molecule has 0 atom stereocenters. The Hall–Kier alpha value is -3.01. The normalized spacial score (nSPS) is 11.8. The van der Waals surface area contributed by atoms with Crippen LogP contribution in [0.1, 0.15) is 0 Å². The minimum absolute atomic E-state index is 0.940. The molecule has 0 spiro atoms. The van der Waals surface area contributed by atoms with Gasteiger partial charge in [0.1, 0.15) is 6.33 Å². The van der Waals surface area contributed by atoms with Gasteiger partial charge in [-0.05, 0) is 24.3 Å². The number of aromatic nitrogens is 4. The second-order valence-electron chi connectivity index (χ2n) is 5.15. The fourth-order valence-electron chi connectivity index (χ4n) is 2.94. The zero-order valence-electron chi connectivity index (χ0n) is 11.0. The Labute approximate surface area is 119 Å². The third-order valence-corrected chi connectivity index (χ3v) is 3.92. The van der Waals surface area contributed by atoms with Gasteiger partial charge in [-0.1, -0.05) is 18.2 Å². The number of nitrogens with one attached hydrogen (secondary N) is 1. The molecule has 0 saturated heterocycles. The van der Waals surface area contributed by atoms with Crippen LogP contribution in [0.15, 0.2) is 55.0 Å². The van der Waals surface area contributed by atoms with Crippen molar-refractivity contribution in [2.75, 3.05) is 0 Å². The second kappa shape index (κ2) is 3.76. The van der Waals surface area contributed by atoms with Gasteiger partial charge in [0.05, 0.1) is 22.1 Å². The first-order valence-electron chi connectivity index (χ1n) is 6.80. The smallest absolute Gasteiger partial charge is 0.116 e. The van der Waals surface area contributed by atoms with E-state index in [9.17, 15) is 0 Å². The lowest BCUT2D eigenvalue weighted by Crippen LogP contribution is -1.86. The number of pyridine rings is 1. The molecule has 5 rings (SSSR count). The zero-order chi connectivity index (χ0) is 13.8. The fraction of sp³-hybridized carbons (Fsp3) is 0. The monoisotopic (exact) mass is 270 g/mol. The van der Waals surface area contributed by atoms with Crippen LogP contribution in [-0.2, 0) is 0 Å². The maximum atomic E-state index is 4.82. The molecule has 0 unspecified atom stereocenters. The molecule has 0 radical (unpaired) electrons. The van der Waals surface area contributed by atoms with E-state index in [1.807, 2.05) is 30.5 Å². The van der Waals surface area contributed by atoms with Crippen LogP contribution in [-0.4, -0.2) is 19.9 Å². The number of hydrogen-bond acceptors (Lipinski definition) is 3. The van der Waals surface area contributed by atoms with Gasteiger partial charge in [0.15, 0.2) is 0 Å². The maximum Gasteiger partial charge on any atom is 0.116 e. The lowest BCUT2D eigenvalue weighted by atomic mass is 10.1. The van der Waals surface area contributed by atoms with Crippen LogP contribution >= 0.6 is 0 Å². The highest BCUT2D eigenvalue weighted by molar-refractivity contribution is 6.12. The number of benzene rings is 2. The van der Waals surface area contributed by atoms with E-state index in [0.717, 1.165) is 43.7 Å². The Kier molecular flexibility index (Phi) is 1.92. The Morgan fingerprint density at radius 3 is 2.81 bits per heavy atom. The van der Waals surface area contributed by atoms with Crippen LogP contribution < -0.4 is 0 Å². The summed E-state index contributed by atoms with van der Waals surface area (Å²) in [7, 11) is 0. The van der Waals surface area contributed by atoms with Gasteiger partial charge in [-0.25, -0.2) is 15.0 Å². The molecule has 98 valence electrons. The first kappa shape index (κ1) is 10.7. The highest BCUT2D eigenvalue weighted by Crippen LogP contribution is 2.29. The number of nitrogens with zero attached hydrogens (tertiary/aromatic N) is 3. The van der Waals surface area contributed by atoms with E-state index in [4.69, 9.17) is 4.98 Å². The van der Waals surface area contributed by atoms with Crippen LogP contribution in [0.3, 0.4) is 0 Å². The Bertz CT molecular complexity index is 1140. The van der Waals surface area contributed by atoms with Gasteiger partial charge in [-0.3, -0.25) is 0 Å². The van der Waals surface area contributed by atoms with Crippen molar-refractivity contribution in [3.63, 3.8) is 0 Å². The van der Waals surface area contributed by atoms with E-state index in [0.29, 0.717) is 0 Å². The lowest BCUT2D eigenvalue weighted by molar-refractivity contribution is 1.23. The van der Waals surface area contributed by atoms with Crippen molar-refractivity contribution in [3.8, 4) is 0 Å². The van der Waals surface area contributed by atoms with Gasteiger partial charge in [0, 0.05) is 27.9 Å². The average molecular weight is 270 g/mol. The third-order valence-electron chi connectivity index (χ3n) is 3.92. The summed E-state index contributed by atoms with van der Waals surface area (Å²) in [5.41, 5.74) is 5.05. The van der Waals surface area contributed by atoms with E-state index in [-0.39, 0.29) is 0 Å². The van der Waals surface area contributed by atoms with Gasteiger partial charge in [-0.2, -0.15) is 0 Å². The number of fused-ring (bicyclic) bond motifs is 6. The highest BCUT2D eigenvalue weighted by Gasteiger charge is 2.09. The molecule has 0 aliphatic heterocycles. The van der Waals surface area contributed by atoms with Gasteiger partial charge < -0.3 is 4.98 Å². The minimum Gasteiger partial charge on any atom is -0.353 e. The Morgan fingerprint density at radius 1 is 0.857 bits per heavy atom. The summed E-state index contributed by atoms with van der Waals surface area (Å²) in [6.45, 7) is 0. The van der Waals surface area contributed by atoms with E-state index < -0.39 is 0 Å². The van der Waals surface area contributed by atoms with Gasteiger partial charge >= 0.3 is 0 Å². The first-order chi connectivity index (χ1) is 10.4. The van der Waals surface area contributed by atoms with Crippen LogP contribution in [0, 0.1) is 0 Å². The molecule has 4 heteroatoms. The van der Waals surface area contributed by atoms with Crippen LogP contribution in [0.4, 0.5) is 0 Å². The predicted molar refractivity (Wildman–Crippen MR) is 84.2 cm³/mol. The number of aromatic amines is 1. The predicted octanol–water partition coefficient (Wildman–Crippen LogP) is 3.81. The molecule has 0 saturated carbocycles. The van der Waals surface area contributed by atoms with Crippen LogP contribution in [0.25, 0.3) is 43.7 Å². The summed E-state index contributed by atoms with van der Waals surface area (Å²) in [5.74, 6) is 0. The van der Waals surface area contributed by atoms with Crippen molar-refractivity contribution in [2.45, 2.75) is 0 Å². The van der Waals surface area contributed by atoms with Gasteiger partial charge in [0.2, 0.25) is 0 Å². The van der Waals surface area contributed by atoms with E-state index in [1.165, 1.54) is 0 Å². The van der Waals surface area contributed by atoms with Crippen molar-refractivity contribution in [1.29, 1.82) is 0 Å². The molecular formula is C17H10N4. The van der Waals surface area contributed by atoms with Gasteiger partial charge in [-0.15, -0.1) is 0 Å². The summed E-state index contributed by atoms with van der Waals surface area (Å²) >= 11 is 0. The largest absolute Gasteiger partial charge is 0.353 e. The van der Waals surface area contributed by atoms with E-state index in [2.05, 4.69) is 33.2 Å². The molecular weight excluding hydrogens is 260 g/mol. The fourth-order valence-corrected chi connectivity index (χ4v) is 2.94. The number of rotatable bonds is 0. The third kappa shape index (κ3) is 1.41. The zero-order valence-corrected chi connectivity index (χ0v) is 11.0. The average Bonchev–Trinajstić information content (AvgIpc) is 2.90. The Morgan fingerprint density at radius 2 is 1.81 bits per heavy atom. The van der Waals surface area contributed by atoms with E-state index >= 15 is 0 Å². The Balaban J connectivity index is 2.04. The van der Waals surface area contributed by atoms with Crippen molar-refractivity contribution >= 4 is 43.7 Å². The molecule has 3 heterocycles. The number of hydrogen-bond donors (Lipinski definition) is 1. The molecule has 2 aromatic carbocycles. The lowest BCUT2D eigenvalue weighted by Gasteiger charge is -2.02.